The largest absolute Gasteiger partial charge is 0.494 e. The summed E-state index contributed by atoms with van der Waals surface area (Å²) >= 11 is 3.44. The molecule has 0 saturated carbocycles. The lowest BCUT2D eigenvalue weighted by Gasteiger charge is -2.08. The fraction of sp³-hybridized carbons (Fsp3) is 0.259. The average Bonchev–Trinajstić information content (AvgIpc) is 3.33. The second kappa shape index (κ2) is 11.1. The third-order valence-electron chi connectivity index (χ3n) is 5.36. The quantitative estimate of drug-likeness (QED) is 0.210. The van der Waals surface area contributed by atoms with Crippen molar-refractivity contribution in [3.05, 3.63) is 77.3 Å². The molecule has 0 aliphatic carbocycles. The first-order valence-corrected chi connectivity index (χ1v) is 12.0. The standard InChI is InChI=1S/C27H27BrN2O2/c1-2-3-4-5-6-19-31-25-17-13-21(14-18-25)20-7-9-22(10-8-20)26-29-27(32-30-26)23-11-15-24(28)16-12-23/h7-18H,2-6,19H2,1H3. The van der Waals surface area contributed by atoms with Crippen LogP contribution in [0.4, 0.5) is 0 Å². The summed E-state index contributed by atoms with van der Waals surface area (Å²) in [6.45, 7) is 3.02. The van der Waals surface area contributed by atoms with Crippen LogP contribution in [-0.2, 0) is 0 Å². The highest BCUT2D eigenvalue weighted by molar-refractivity contribution is 9.10. The SMILES string of the molecule is CCCCCCCOc1ccc(-c2ccc(-c3noc(-c4ccc(Br)cc4)n3)cc2)cc1. The smallest absolute Gasteiger partial charge is 0.258 e. The van der Waals surface area contributed by atoms with Gasteiger partial charge in [0.05, 0.1) is 6.61 Å². The predicted octanol–water partition coefficient (Wildman–Crippen LogP) is 8.18. The third-order valence-corrected chi connectivity index (χ3v) is 5.89. The molecule has 32 heavy (non-hydrogen) atoms. The van der Waals surface area contributed by atoms with Crippen LogP contribution in [0.2, 0.25) is 0 Å². The molecule has 5 heteroatoms. The monoisotopic (exact) mass is 490 g/mol. The Kier molecular flexibility index (Phi) is 7.73. The molecule has 0 aliphatic heterocycles. The molecule has 0 spiro atoms. The van der Waals surface area contributed by atoms with Gasteiger partial charge in [0, 0.05) is 15.6 Å². The lowest BCUT2D eigenvalue weighted by Crippen LogP contribution is -1.97. The van der Waals surface area contributed by atoms with Crippen molar-refractivity contribution >= 4 is 15.9 Å². The zero-order valence-corrected chi connectivity index (χ0v) is 19.8. The Bertz CT molecular complexity index is 1100. The maximum absolute atomic E-state index is 5.87. The van der Waals surface area contributed by atoms with Gasteiger partial charge >= 0.3 is 0 Å². The van der Waals surface area contributed by atoms with Crippen molar-refractivity contribution in [1.82, 2.24) is 10.1 Å². The Morgan fingerprint density at radius 1 is 0.719 bits per heavy atom. The summed E-state index contributed by atoms with van der Waals surface area (Å²) in [5.74, 6) is 2.02. The number of nitrogens with zero attached hydrogens (tertiary/aromatic N) is 2. The molecule has 0 fully saturated rings. The second-order valence-corrected chi connectivity index (χ2v) is 8.71. The maximum atomic E-state index is 5.87. The van der Waals surface area contributed by atoms with Crippen molar-refractivity contribution in [3.8, 4) is 39.7 Å². The summed E-state index contributed by atoms with van der Waals surface area (Å²) < 4.78 is 12.3. The minimum Gasteiger partial charge on any atom is -0.494 e. The molecule has 0 atom stereocenters. The Morgan fingerprint density at radius 2 is 1.31 bits per heavy atom. The van der Waals surface area contributed by atoms with Crippen LogP contribution < -0.4 is 4.74 Å². The van der Waals surface area contributed by atoms with E-state index in [-0.39, 0.29) is 0 Å². The summed E-state index contributed by atoms with van der Waals surface area (Å²) in [6, 6.07) is 24.3. The van der Waals surface area contributed by atoms with Gasteiger partial charge in [0.2, 0.25) is 5.82 Å². The molecule has 4 nitrogen and oxygen atoms in total. The van der Waals surface area contributed by atoms with Gasteiger partial charge in [-0.25, -0.2) is 0 Å². The van der Waals surface area contributed by atoms with Gasteiger partial charge in [0.25, 0.3) is 5.89 Å². The van der Waals surface area contributed by atoms with Gasteiger partial charge in [-0.3, -0.25) is 0 Å². The van der Waals surface area contributed by atoms with E-state index in [1.807, 2.05) is 48.5 Å². The average molecular weight is 491 g/mol. The first-order valence-electron chi connectivity index (χ1n) is 11.2. The Labute approximate surface area is 197 Å². The van der Waals surface area contributed by atoms with Crippen molar-refractivity contribution in [2.75, 3.05) is 6.61 Å². The zero-order chi connectivity index (χ0) is 22.2. The van der Waals surface area contributed by atoms with Crippen LogP contribution in [0.1, 0.15) is 39.0 Å². The summed E-state index contributed by atoms with van der Waals surface area (Å²) in [6.07, 6.45) is 6.23. The van der Waals surface area contributed by atoms with Crippen LogP contribution in [0.3, 0.4) is 0 Å². The van der Waals surface area contributed by atoms with E-state index in [9.17, 15) is 0 Å². The van der Waals surface area contributed by atoms with Crippen molar-refractivity contribution in [2.45, 2.75) is 39.0 Å². The maximum Gasteiger partial charge on any atom is 0.258 e. The number of benzene rings is 3. The van der Waals surface area contributed by atoms with Gasteiger partial charge in [-0.2, -0.15) is 4.98 Å². The Morgan fingerprint density at radius 3 is 2.00 bits per heavy atom. The van der Waals surface area contributed by atoms with Crippen molar-refractivity contribution in [3.63, 3.8) is 0 Å². The molecule has 0 aliphatic rings. The molecule has 0 amide bonds. The molecule has 3 aromatic carbocycles. The molecular formula is C27H27BrN2O2. The Balaban J connectivity index is 1.36. The van der Waals surface area contributed by atoms with Crippen LogP contribution in [0.5, 0.6) is 5.75 Å². The van der Waals surface area contributed by atoms with Crippen LogP contribution >= 0.6 is 15.9 Å². The molecule has 0 saturated heterocycles. The number of rotatable bonds is 10. The minimum atomic E-state index is 0.512. The molecule has 1 aromatic heterocycles. The lowest BCUT2D eigenvalue weighted by atomic mass is 10.0. The van der Waals surface area contributed by atoms with E-state index < -0.39 is 0 Å². The fourth-order valence-corrected chi connectivity index (χ4v) is 3.77. The molecule has 1 heterocycles. The molecule has 0 bridgehead atoms. The summed E-state index contributed by atoms with van der Waals surface area (Å²) in [5.41, 5.74) is 4.10. The molecule has 0 N–H and O–H groups in total. The van der Waals surface area contributed by atoms with E-state index in [1.165, 1.54) is 25.7 Å². The number of ether oxygens (including phenoxy) is 1. The van der Waals surface area contributed by atoms with E-state index >= 15 is 0 Å². The van der Waals surface area contributed by atoms with Gasteiger partial charge < -0.3 is 9.26 Å². The van der Waals surface area contributed by atoms with E-state index in [0.717, 1.165) is 45.5 Å². The zero-order valence-electron chi connectivity index (χ0n) is 18.3. The molecule has 0 unspecified atom stereocenters. The normalized spacial score (nSPS) is 10.9. The highest BCUT2D eigenvalue weighted by Gasteiger charge is 2.11. The van der Waals surface area contributed by atoms with E-state index in [4.69, 9.17) is 9.26 Å². The fourth-order valence-electron chi connectivity index (χ4n) is 3.50. The van der Waals surface area contributed by atoms with E-state index in [1.54, 1.807) is 0 Å². The van der Waals surface area contributed by atoms with Gasteiger partial charge in [-0.15, -0.1) is 0 Å². The Hall–Kier alpha value is -2.92. The van der Waals surface area contributed by atoms with Gasteiger partial charge in [-0.05, 0) is 53.9 Å². The van der Waals surface area contributed by atoms with Crippen molar-refractivity contribution in [2.24, 2.45) is 0 Å². The van der Waals surface area contributed by atoms with E-state index in [2.05, 4.69) is 57.3 Å². The van der Waals surface area contributed by atoms with Crippen LogP contribution in [0, 0.1) is 0 Å². The number of hydrogen-bond acceptors (Lipinski definition) is 4. The van der Waals surface area contributed by atoms with Gasteiger partial charge in [-0.1, -0.05) is 90.1 Å². The second-order valence-electron chi connectivity index (χ2n) is 7.79. The molecule has 0 radical (unpaired) electrons. The van der Waals surface area contributed by atoms with Crippen LogP contribution in [-0.4, -0.2) is 16.7 Å². The lowest BCUT2D eigenvalue weighted by molar-refractivity contribution is 0.304. The van der Waals surface area contributed by atoms with Gasteiger partial charge in [0.15, 0.2) is 0 Å². The minimum absolute atomic E-state index is 0.512. The third kappa shape index (κ3) is 5.86. The van der Waals surface area contributed by atoms with Crippen molar-refractivity contribution in [1.29, 1.82) is 0 Å². The summed E-state index contributed by atoms with van der Waals surface area (Å²) in [7, 11) is 0. The van der Waals surface area contributed by atoms with E-state index in [0.29, 0.717) is 11.7 Å². The molecular weight excluding hydrogens is 464 g/mol. The predicted molar refractivity (Wildman–Crippen MR) is 133 cm³/mol. The molecule has 164 valence electrons. The summed E-state index contributed by atoms with van der Waals surface area (Å²) in [4.78, 5) is 4.54. The highest BCUT2D eigenvalue weighted by atomic mass is 79.9. The van der Waals surface area contributed by atoms with Crippen LogP contribution in [0.25, 0.3) is 34.0 Å². The topological polar surface area (TPSA) is 48.2 Å². The van der Waals surface area contributed by atoms with Crippen molar-refractivity contribution < 1.29 is 9.26 Å². The summed E-state index contributed by atoms with van der Waals surface area (Å²) in [5, 5.41) is 4.14. The first-order chi connectivity index (χ1) is 15.7. The number of halogens is 1. The molecule has 4 aromatic rings. The molecule has 4 rings (SSSR count). The first kappa shape index (κ1) is 22.3. The van der Waals surface area contributed by atoms with Crippen LogP contribution in [0.15, 0.2) is 81.8 Å². The number of hydrogen-bond donors (Lipinski definition) is 0. The highest BCUT2D eigenvalue weighted by Crippen LogP contribution is 2.27. The number of aromatic nitrogens is 2. The van der Waals surface area contributed by atoms with Gasteiger partial charge in [0.1, 0.15) is 5.75 Å². The number of unbranched alkanes of at least 4 members (excludes halogenated alkanes) is 4.